The highest BCUT2D eigenvalue weighted by Crippen LogP contribution is 2.44. The van der Waals surface area contributed by atoms with Crippen molar-refractivity contribution in [3.63, 3.8) is 0 Å². The number of aromatic nitrogens is 1. The van der Waals surface area contributed by atoms with Gasteiger partial charge in [0.15, 0.2) is 5.13 Å². The lowest BCUT2D eigenvalue weighted by Crippen LogP contribution is -2.29. The minimum absolute atomic E-state index is 0.0546. The number of carbonyl (C=O) groups excluding carboxylic acids is 2. The van der Waals surface area contributed by atoms with Crippen LogP contribution in [0.1, 0.15) is 22.7 Å². The van der Waals surface area contributed by atoms with E-state index in [4.69, 9.17) is 0 Å². The standard InChI is InChI=1S/C25H17BrN2O3S/c1-14-7-12-18-19(13-14)32-25(27-18)28-21(15-8-10-17(26)11-9-15)20(23(30)24(28)31)22(29)16-5-3-2-4-6-16/h2-13,21,29H,1H3. The van der Waals surface area contributed by atoms with Gasteiger partial charge in [0.2, 0.25) is 0 Å². The molecule has 1 aromatic heterocycles. The Bertz CT molecular complexity index is 1390. The van der Waals surface area contributed by atoms with Crippen LogP contribution >= 0.6 is 27.3 Å². The molecular weight excluding hydrogens is 488 g/mol. The van der Waals surface area contributed by atoms with Gasteiger partial charge < -0.3 is 5.11 Å². The van der Waals surface area contributed by atoms with Crippen molar-refractivity contribution in [2.45, 2.75) is 13.0 Å². The number of aliphatic hydroxyl groups is 1. The number of nitrogens with zero attached hydrogens (tertiary/aromatic N) is 2. The molecule has 0 bridgehead atoms. The van der Waals surface area contributed by atoms with Crippen LogP contribution in [0.5, 0.6) is 0 Å². The largest absolute Gasteiger partial charge is 0.507 e. The summed E-state index contributed by atoms with van der Waals surface area (Å²) < 4.78 is 1.80. The number of Topliss-reactive ketones (excluding diaryl/α,β-unsaturated/α-hetero) is 1. The lowest BCUT2D eigenvalue weighted by Gasteiger charge is -2.23. The van der Waals surface area contributed by atoms with Gasteiger partial charge in [-0.05, 0) is 42.3 Å². The molecule has 1 unspecified atom stereocenters. The van der Waals surface area contributed by atoms with Crippen molar-refractivity contribution < 1.29 is 14.7 Å². The van der Waals surface area contributed by atoms with Crippen molar-refractivity contribution in [3.05, 3.63) is 99.5 Å². The Hall–Kier alpha value is -3.29. The van der Waals surface area contributed by atoms with Gasteiger partial charge >= 0.3 is 5.91 Å². The number of aryl methyl sites for hydroxylation is 1. The first-order chi connectivity index (χ1) is 15.4. The van der Waals surface area contributed by atoms with E-state index in [1.54, 1.807) is 24.3 Å². The van der Waals surface area contributed by atoms with Crippen LogP contribution in [-0.4, -0.2) is 21.8 Å². The highest BCUT2D eigenvalue weighted by Gasteiger charge is 2.48. The molecule has 158 valence electrons. The maximum absolute atomic E-state index is 13.2. The summed E-state index contributed by atoms with van der Waals surface area (Å²) in [6, 6.07) is 21.2. The van der Waals surface area contributed by atoms with E-state index in [1.165, 1.54) is 16.2 Å². The molecule has 1 atom stereocenters. The summed E-state index contributed by atoms with van der Waals surface area (Å²) in [5.74, 6) is -1.63. The molecule has 0 saturated carbocycles. The van der Waals surface area contributed by atoms with E-state index in [0.717, 1.165) is 20.3 Å². The predicted octanol–water partition coefficient (Wildman–Crippen LogP) is 5.99. The van der Waals surface area contributed by atoms with Gasteiger partial charge in [-0.3, -0.25) is 14.5 Å². The molecule has 1 fully saturated rings. The number of rotatable bonds is 3. The van der Waals surface area contributed by atoms with Crippen LogP contribution in [0.3, 0.4) is 0 Å². The van der Waals surface area contributed by atoms with Crippen molar-refractivity contribution in [2.75, 3.05) is 4.90 Å². The van der Waals surface area contributed by atoms with Gasteiger partial charge in [-0.1, -0.05) is 75.8 Å². The van der Waals surface area contributed by atoms with E-state index in [2.05, 4.69) is 20.9 Å². The van der Waals surface area contributed by atoms with E-state index in [1.807, 2.05) is 55.5 Å². The molecule has 1 N–H and O–H groups in total. The predicted molar refractivity (Wildman–Crippen MR) is 130 cm³/mol. The van der Waals surface area contributed by atoms with Crippen LogP contribution in [0.25, 0.3) is 16.0 Å². The first-order valence-electron chi connectivity index (χ1n) is 9.93. The van der Waals surface area contributed by atoms with Crippen LogP contribution < -0.4 is 4.90 Å². The first kappa shape index (κ1) is 20.6. The second kappa shape index (κ2) is 8.00. The summed E-state index contributed by atoms with van der Waals surface area (Å²) in [5, 5.41) is 11.5. The molecule has 1 aliphatic rings. The average molecular weight is 505 g/mol. The molecular formula is C25H17BrN2O3S. The Kier molecular flexibility index (Phi) is 5.15. The molecule has 32 heavy (non-hydrogen) atoms. The van der Waals surface area contributed by atoms with Gasteiger partial charge in [-0.25, -0.2) is 4.98 Å². The number of aliphatic hydroxyl groups excluding tert-OH is 1. The van der Waals surface area contributed by atoms with Crippen molar-refractivity contribution in [2.24, 2.45) is 0 Å². The fourth-order valence-corrected chi connectivity index (χ4v) is 5.22. The van der Waals surface area contributed by atoms with E-state index in [9.17, 15) is 14.7 Å². The maximum atomic E-state index is 13.2. The zero-order chi connectivity index (χ0) is 22.4. The molecule has 0 spiro atoms. The molecule has 2 heterocycles. The maximum Gasteiger partial charge on any atom is 0.301 e. The summed E-state index contributed by atoms with van der Waals surface area (Å²) in [7, 11) is 0. The minimum atomic E-state index is -0.787. The number of hydrogen-bond acceptors (Lipinski definition) is 5. The number of amides is 1. The molecule has 7 heteroatoms. The van der Waals surface area contributed by atoms with Crippen LogP contribution in [-0.2, 0) is 9.59 Å². The fourth-order valence-electron chi connectivity index (χ4n) is 3.86. The number of ketones is 1. The van der Waals surface area contributed by atoms with E-state index in [0.29, 0.717) is 16.3 Å². The Morgan fingerprint density at radius 1 is 1.03 bits per heavy atom. The Labute approximate surface area is 196 Å². The molecule has 0 aliphatic carbocycles. The number of anilines is 1. The third-order valence-electron chi connectivity index (χ3n) is 5.42. The second-order valence-electron chi connectivity index (χ2n) is 7.55. The zero-order valence-electron chi connectivity index (χ0n) is 16.9. The molecule has 5 rings (SSSR count). The Balaban J connectivity index is 1.73. The number of halogens is 1. The third kappa shape index (κ3) is 3.43. The van der Waals surface area contributed by atoms with Crippen molar-refractivity contribution in [1.29, 1.82) is 0 Å². The third-order valence-corrected chi connectivity index (χ3v) is 6.96. The summed E-state index contributed by atoms with van der Waals surface area (Å²) >= 11 is 4.78. The smallest absolute Gasteiger partial charge is 0.301 e. The second-order valence-corrected chi connectivity index (χ2v) is 9.48. The summed E-state index contributed by atoms with van der Waals surface area (Å²) in [6.07, 6.45) is 0. The van der Waals surface area contributed by atoms with Crippen molar-refractivity contribution in [3.8, 4) is 0 Å². The van der Waals surface area contributed by atoms with Crippen LogP contribution in [0.4, 0.5) is 5.13 Å². The first-order valence-corrected chi connectivity index (χ1v) is 11.5. The minimum Gasteiger partial charge on any atom is -0.507 e. The van der Waals surface area contributed by atoms with Crippen LogP contribution in [0, 0.1) is 6.92 Å². The lowest BCUT2D eigenvalue weighted by atomic mass is 9.95. The molecule has 1 aliphatic heterocycles. The molecule has 1 amide bonds. The highest BCUT2D eigenvalue weighted by molar-refractivity contribution is 9.10. The van der Waals surface area contributed by atoms with Crippen molar-refractivity contribution >= 4 is 60.1 Å². The van der Waals surface area contributed by atoms with E-state index < -0.39 is 17.7 Å². The number of benzene rings is 3. The number of thiazole rings is 1. The molecule has 1 saturated heterocycles. The molecule has 4 aromatic rings. The number of carbonyl (C=O) groups is 2. The normalized spacial score (nSPS) is 17.9. The molecule has 5 nitrogen and oxygen atoms in total. The SMILES string of the molecule is Cc1ccc2nc(N3C(=O)C(=O)C(=C(O)c4ccccc4)C3c3ccc(Br)cc3)sc2c1. The topological polar surface area (TPSA) is 70.5 Å². The van der Waals surface area contributed by atoms with Gasteiger partial charge in [0.25, 0.3) is 5.78 Å². The summed E-state index contributed by atoms with van der Waals surface area (Å²) in [5.41, 5.74) is 3.09. The monoisotopic (exact) mass is 504 g/mol. The van der Waals surface area contributed by atoms with Crippen LogP contribution in [0.2, 0.25) is 0 Å². The molecule has 3 aromatic carbocycles. The zero-order valence-corrected chi connectivity index (χ0v) is 19.4. The highest BCUT2D eigenvalue weighted by atomic mass is 79.9. The fraction of sp³-hybridized carbons (Fsp3) is 0.0800. The van der Waals surface area contributed by atoms with Gasteiger partial charge in [0, 0.05) is 10.0 Å². The van der Waals surface area contributed by atoms with Gasteiger partial charge in [-0.15, -0.1) is 0 Å². The average Bonchev–Trinajstić information content (AvgIpc) is 3.32. The summed E-state index contributed by atoms with van der Waals surface area (Å²) in [4.78, 5) is 32.5. The Morgan fingerprint density at radius 2 is 1.75 bits per heavy atom. The Morgan fingerprint density at radius 3 is 2.47 bits per heavy atom. The van der Waals surface area contributed by atoms with E-state index in [-0.39, 0.29) is 11.3 Å². The quantitative estimate of drug-likeness (QED) is 0.211. The number of hydrogen-bond donors (Lipinski definition) is 1. The lowest BCUT2D eigenvalue weighted by molar-refractivity contribution is -0.132. The number of fused-ring (bicyclic) bond motifs is 1. The van der Waals surface area contributed by atoms with Crippen molar-refractivity contribution in [1.82, 2.24) is 4.98 Å². The van der Waals surface area contributed by atoms with E-state index >= 15 is 0 Å². The summed E-state index contributed by atoms with van der Waals surface area (Å²) in [6.45, 7) is 1.99. The van der Waals surface area contributed by atoms with Gasteiger partial charge in [-0.2, -0.15) is 0 Å². The van der Waals surface area contributed by atoms with Gasteiger partial charge in [0.1, 0.15) is 5.76 Å². The van der Waals surface area contributed by atoms with Crippen LogP contribution in [0.15, 0.2) is 82.8 Å². The van der Waals surface area contributed by atoms with Gasteiger partial charge in [0.05, 0.1) is 21.8 Å². The molecule has 0 radical (unpaired) electrons.